The molecule has 1 saturated heterocycles. The third kappa shape index (κ3) is 8.59. The fourth-order valence-electron chi connectivity index (χ4n) is 2.95. The van der Waals surface area contributed by atoms with Gasteiger partial charge in [-0.2, -0.15) is 0 Å². The van der Waals surface area contributed by atoms with E-state index in [0.717, 1.165) is 44.5 Å². The number of likely N-dealkylation sites (tertiary alicyclic amines) is 1. The second-order valence-corrected chi connectivity index (χ2v) is 6.21. The summed E-state index contributed by atoms with van der Waals surface area (Å²) in [5.74, 6) is 0.929. The predicted octanol–water partition coefficient (Wildman–Crippen LogP) is 2.23. The maximum atomic E-state index is 5.05. The molecule has 0 aliphatic carbocycles. The van der Waals surface area contributed by atoms with Crippen molar-refractivity contribution < 1.29 is 4.74 Å². The molecule has 5 nitrogen and oxygen atoms in total. The van der Waals surface area contributed by atoms with Crippen molar-refractivity contribution in [1.29, 1.82) is 0 Å². The highest BCUT2D eigenvalue weighted by atomic mass is 16.5. The Kier molecular flexibility index (Phi) is 11.1. The van der Waals surface area contributed by atoms with Crippen molar-refractivity contribution in [2.24, 2.45) is 4.99 Å². The molecule has 0 aromatic carbocycles. The highest BCUT2D eigenvalue weighted by Gasteiger charge is 2.16. The maximum Gasteiger partial charge on any atom is 0.190 e. The molecule has 0 saturated carbocycles. The summed E-state index contributed by atoms with van der Waals surface area (Å²) in [5.41, 5.74) is 0. The number of unbranched alkanes of at least 4 members (excludes halogenated alkanes) is 2. The summed E-state index contributed by atoms with van der Waals surface area (Å²) >= 11 is 0. The average Bonchev–Trinajstić information content (AvgIpc) is 2.54. The Hall–Kier alpha value is -0.810. The van der Waals surface area contributed by atoms with Gasteiger partial charge in [-0.1, -0.05) is 6.42 Å². The van der Waals surface area contributed by atoms with Crippen LogP contribution in [0.5, 0.6) is 0 Å². The van der Waals surface area contributed by atoms with Gasteiger partial charge in [0.25, 0.3) is 0 Å². The number of methoxy groups -OCH3 is 1. The number of ether oxygens (including phenoxy) is 1. The van der Waals surface area contributed by atoms with E-state index >= 15 is 0 Å². The number of nitrogens with zero attached hydrogens (tertiary/aromatic N) is 2. The fraction of sp³-hybridized carbons (Fsp3) is 0.941. The maximum absolute atomic E-state index is 5.05. The second-order valence-electron chi connectivity index (χ2n) is 6.21. The Morgan fingerprint density at radius 2 is 1.91 bits per heavy atom. The van der Waals surface area contributed by atoms with Crippen LogP contribution >= 0.6 is 0 Å². The quantitative estimate of drug-likeness (QED) is 0.369. The molecule has 1 aliphatic heterocycles. The molecule has 1 aliphatic rings. The lowest BCUT2D eigenvalue weighted by Gasteiger charge is -2.33. The fourth-order valence-corrected chi connectivity index (χ4v) is 2.95. The second kappa shape index (κ2) is 12.7. The minimum Gasteiger partial charge on any atom is -0.385 e. The first-order valence-electron chi connectivity index (χ1n) is 8.95. The summed E-state index contributed by atoms with van der Waals surface area (Å²) in [4.78, 5) is 6.90. The van der Waals surface area contributed by atoms with Crippen LogP contribution in [0.3, 0.4) is 0 Å². The summed E-state index contributed by atoms with van der Waals surface area (Å²) in [6, 6.07) is 0.762. The van der Waals surface area contributed by atoms with Gasteiger partial charge in [0.15, 0.2) is 5.96 Å². The van der Waals surface area contributed by atoms with Gasteiger partial charge in [0.2, 0.25) is 0 Å². The van der Waals surface area contributed by atoms with Crippen molar-refractivity contribution in [2.45, 2.75) is 57.9 Å². The van der Waals surface area contributed by atoms with Gasteiger partial charge in [0.1, 0.15) is 0 Å². The SMILES string of the molecule is CN=C(NCCCCCOC)NCCCN1CCCCC1C. The number of guanidine groups is 1. The molecule has 130 valence electrons. The summed E-state index contributed by atoms with van der Waals surface area (Å²) in [6.45, 7) is 7.66. The smallest absolute Gasteiger partial charge is 0.190 e. The lowest BCUT2D eigenvalue weighted by atomic mass is 10.0. The van der Waals surface area contributed by atoms with Crippen LogP contribution in [0.4, 0.5) is 0 Å². The molecule has 0 radical (unpaired) electrons. The number of aliphatic imine (C=N–C) groups is 1. The molecule has 1 unspecified atom stereocenters. The zero-order valence-electron chi connectivity index (χ0n) is 14.9. The number of rotatable bonds is 10. The normalized spacial score (nSPS) is 20.1. The van der Waals surface area contributed by atoms with Crippen LogP contribution in [0.25, 0.3) is 0 Å². The largest absolute Gasteiger partial charge is 0.385 e. The van der Waals surface area contributed by atoms with E-state index in [-0.39, 0.29) is 0 Å². The van der Waals surface area contributed by atoms with Crippen molar-refractivity contribution in [3.8, 4) is 0 Å². The van der Waals surface area contributed by atoms with E-state index in [1.54, 1.807) is 7.11 Å². The van der Waals surface area contributed by atoms with Gasteiger partial charge in [0, 0.05) is 46.4 Å². The van der Waals surface area contributed by atoms with Crippen molar-refractivity contribution in [1.82, 2.24) is 15.5 Å². The molecule has 1 heterocycles. The number of piperidine rings is 1. The van der Waals surface area contributed by atoms with Crippen LogP contribution < -0.4 is 10.6 Å². The van der Waals surface area contributed by atoms with Gasteiger partial charge in [-0.25, -0.2) is 0 Å². The Labute approximate surface area is 136 Å². The average molecular weight is 313 g/mol. The van der Waals surface area contributed by atoms with Crippen LogP contribution in [0.15, 0.2) is 4.99 Å². The van der Waals surface area contributed by atoms with Crippen molar-refractivity contribution in [3.05, 3.63) is 0 Å². The molecule has 0 spiro atoms. The molecule has 0 bridgehead atoms. The van der Waals surface area contributed by atoms with Gasteiger partial charge in [0.05, 0.1) is 0 Å². The Bertz CT molecular complexity index is 296. The zero-order valence-corrected chi connectivity index (χ0v) is 14.9. The molecular weight excluding hydrogens is 276 g/mol. The molecule has 1 fully saturated rings. The molecular formula is C17H36N4O. The van der Waals surface area contributed by atoms with Crippen LogP contribution in [0, 0.1) is 0 Å². The highest BCUT2D eigenvalue weighted by Crippen LogP contribution is 2.15. The monoisotopic (exact) mass is 312 g/mol. The molecule has 2 N–H and O–H groups in total. The predicted molar refractivity (Wildman–Crippen MR) is 94.6 cm³/mol. The minimum atomic E-state index is 0.762. The molecule has 0 aromatic heterocycles. The van der Waals surface area contributed by atoms with Crippen LogP contribution in [0.2, 0.25) is 0 Å². The van der Waals surface area contributed by atoms with Crippen LogP contribution in [-0.4, -0.2) is 63.8 Å². The number of hydrogen-bond donors (Lipinski definition) is 2. The molecule has 1 atom stereocenters. The number of nitrogens with one attached hydrogen (secondary N) is 2. The van der Waals surface area contributed by atoms with Gasteiger partial charge < -0.3 is 20.3 Å². The highest BCUT2D eigenvalue weighted by molar-refractivity contribution is 5.79. The molecule has 5 heteroatoms. The third-order valence-corrected chi connectivity index (χ3v) is 4.40. The zero-order chi connectivity index (χ0) is 16.0. The van der Waals surface area contributed by atoms with Crippen LogP contribution in [0.1, 0.15) is 51.9 Å². The van der Waals surface area contributed by atoms with E-state index in [2.05, 4.69) is 27.4 Å². The van der Waals surface area contributed by atoms with Gasteiger partial charge >= 0.3 is 0 Å². The van der Waals surface area contributed by atoms with Gasteiger partial charge in [-0.15, -0.1) is 0 Å². The third-order valence-electron chi connectivity index (χ3n) is 4.40. The van der Waals surface area contributed by atoms with Crippen molar-refractivity contribution in [2.75, 3.05) is 46.9 Å². The molecule has 1 rings (SSSR count). The summed E-state index contributed by atoms with van der Waals surface area (Å²) in [5, 5.41) is 6.79. The topological polar surface area (TPSA) is 48.9 Å². The van der Waals surface area contributed by atoms with E-state index < -0.39 is 0 Å². The van der Waals surface area contributed by atoms with Crippen molar-refractivity contribution >= 4 is 5.96 Å². The first kappa shape index (κ1) is 19.2. The van der Waals surface area contributed by atoms with Gasteiger partial charge in [-0.3, -0.25) is 4.99 Å². The molecule has 0 amide bonds. The summed E-state index contributed by atoms with van der Waals surface area (Å²) in [7, 11) is 3.60. The van der Waals surface area contributed by atoms with E-state index in [1.165, 1.54) is 45.2 Å². The Morgan fingerprint density at radius 3 is 2.59 bits per heavy atom. The molecule has 22 heavy (non-hydrogen) atoms. The van der Waals surface area contributed by atoms with Crippen molar-refractivity contribution in [3.63, 3.8) is 0 Å². The van der Waals surface area contributed by atoms with E-state index in [9.17, 15) is 0 Å². The van der Waals surface area contributed by atoms with E-state index in [0.29, 0.717) is 0 Å². The lowest BCUT2D eigenvalue weighted by molar-refractivity contribution is 0.159. The summed E-state index contributed by atoms with van der Waals surface area (Å²) < 4.78 is 5.05. The first-order chi connectivity index (χ1) is 10.8. The summed E-state index contributed by atoms with van der Waals surface area (Å²) in [6.07, 6.45) is 8.80. The Balaban J connectivity index is 2.01. The Morgan fingerprint density at radius 1 is 1.14 bits per heavy atom. The van der Waals surface area contributed by atoms with E-state index in [1.807, 2.05) is 7.05 Å². The van der Waals surface area contributed by atoms with E-state index in [4.69, 9.17) is 4.74 Å². The minimum absolute atomic E-state index is 0.762. The molecule has 0 aromatic rings. The lowest BCUT2D eigenvalue weighted by Crippen LogP contribution is -2.41. The standard InChI is InChI=1S/C17H36N4O/c1-16-10-5-7-13-21(16)14-9-12-20-17(18-2)19-11-6-4-8-15-22-3/h16H,4-15H2,1-3H3,(H2,18,19,20). The van der Waals surface area contributed by atoms with Gasteiger partial charge in [-0.05, 0) is 52.0 Å². The van der Waals surface area contributed by atoms with Crippen LogP contribution in [-0.2, 0) is 4.74 Å². The number of hydrogen-bond acceptors (Lipinski definition) is 3. The first-order valence-corrected chi connectivity index (χ1v) is 8.95.